The molecule has 3 aliphatic rings. The third-order valence-corrected chi connectivity index (χ3v) is 6.39. The predicted octanol–water partition coefficient (Wildman–Crippen LogP) is 1.93. The van der Waals surface area contributed by atoms with Gasteiger partial charge in [0.15, 0.2) is 0 Å². The lowest BCUT2D eigenvalue weighted by Crippen LogP contribution is -2.44. The topological polar surface area (TPSA) is 91.2 Å². The zero-order chi connectivity index (χ0) is 19.6. The molecule has 1 N–H and O–H groups in total. The minimum atomic E-state index is -0.178. The van der Waals surface area contributed by atoms with Crippen LogP contribution in [0.1, 0.15) is 54.2 Å². The molecular weight excluding hydrogens is 370 g/mol. The van der Waals surface area contributed by atoms with Gasteiger partial charge in [0.05, 0.1) is 30.5 Å². The molecule has 2 aliphatic heterocycles. The standard InChI is InChI=1S/C21H27N5O3/c27-21(15-7-4-8-22-10-15)23-17-12-28-20-18(13-29-19(17)20)26-11-16(24-25-26)9-14-5-2-1-3-6-14/h4,7-8,10-11,14,17-20H,1-3,5-6,9,12-13H2,(H,23,27). The van der Waals surface area contributed by atoms with Gasteiger partial charge in [-0.2, -0.15) is 0 Å². The van der Waals surface area contributed by atoms with Crippen molar-refractivity contribution in [2.75, 3.05) is 13.2 Å². The number of nitrogens with one attached hydrogen (secondary N) is 1. The fraction of sp³-hybridized carbons (Fsp3) is 0.619. The van der Waals surface area contributed by atoms with Gasteiger partial charge in [0.2, 0.25) is 0 Å². The molecule has 2 aromatic heterocycles. The summed E-state index contributed by atoms with van der Waals surface area (Å²) in [5.74, 6) is 0.575. The van der Waals surface area contributed by atoms with Crippen LogP contribution in [0.25, 0.3) is 0 Å². The Kier molecular flexibility index (Phi) is 5.28. The molecule has 1 amide bonds. The predicted molar refractivity (Wildman–Crippen MR) is 104 cm³/mol. The smallest absolute Gasteiger partial charge is 0.253 e. The van der Waals surface area contributed by atoms with Gasteiger partial charge in [0.1, 0.15) is 18.2 Å². The Balaban J connectivity index is 1.21. The first-order chi connectivity index (χ1) is 14.3. The number of ether oxygens (including phenoxy) is 2. The van der Waals surface area contributed by atoms with Crippen molar-refractivity contribution in [2.45, 2.75) is 62.8 Å². The molecule has 154 valence electrons. The summed E-state index contributed by atoms with van der Waals surface area (Å²) >= 11 is 0. The number of carbonyl (C=O) groups excluding carboxylic acids is 1. The second kappa shape index (κ2) is 8.20. The summed E-state index contributed by atoms with van der Waals surface area (Å²) in [4.78, 5) is 16.4. The molecule has 4 unspecified atom stereocenters. The second-order valence-corrected chi connectivity index (χ2v) is 8.38. The monoisotopic (exact) mass is 397 g/mol. The van der Waals surface area contributed by atoms with Gasteiger partial charge in [-0.1, -0.05) is 37.3 Å². The molecule has 0 aromatic carbocycles. The van der Waals surface area contributed by atoms with Gasteiger partial charge >= 0.3 is 0 Å². The van der Waals surface area contributed by atoms with E-state index in [1.54, 1.807) is 24.5 Å². The first-order valence-corrected chi connectivity index (χ1v) is 10.6. The molecule has 29 heavy (non-hydrogen) atoms. The summed E-state index contributed by atoms with van der Waals surface area (Å²) in [6.45, 7) is 0.947. The first kappa shape index (κ1) is 18.7. The zero-order valence-electron chi connectivity index (χ0n) is 16.4. The molecule has 5 rings (SSSR count). The molecule has 4 atom stereocenters. The van der Waals surface area contributed by atoms with Crippen LogP contribution in [0.5, 0.6) is 0 Å². The Morgan fingerprint density at radius 1 is 1.17 bits per heavy atom. The van der Waals surface area contributed by atoms with Gasteiger partial charge in [-0.05, 0) is 24.5 Å². The van der Waals surface area contributed by atoms with Crippen LogP contribution in [-0.4, -0.2) is 57.3 Å². The Labute approximate surface area is 170 Å². The van der Waals surface area contributed by atoms with Gasteiger partial charge < -0.3 is 14.8 Å². The summed E-state index contributed by atoms with van der Waals surface area (Å²) in [5, 5.41) is 11.8. The lowest BCUT2D eigenvalue weighted by molar-refractivity contribution is 0.0613. The van der Waals surface area contributed by atoms with Crippen LogP contribution in [0.2, 0.25) is 0 Å². The Morgan fingerprint density at radius 2 is 2.03 bits per heavy atom. The van der Waals surface area contributed by atoms with Crippen molar-refractivity contribution >= 4 is 5.91 Å². The number of hydrogen-bond acceptors (Lipinski definition) is 6. The minimum Gasteiger partial charge on any atom is -0.371 e. The Morgan fingerprint density at radius 3 is 2.86 bits per heavy atom. The lowest BCUT2D eigenvalue weighted by Gasteiger charge is -2.20. The van der Waals surface area contributed by atoms with Gasteiger partial charge in [-0.25, -0.2) is 4.68 Å². The maximum atomic E-state index is 12.4. The van der Waals surface area contributed by atoms with Crippen LogP contribution in [0.3, 0.4) is 0 Å². The van der Waals surface area contributed by atoms with Gasteiger partial charge in [0.25, 0.3) is 5.91 Å². The third-order valence-electron chi connectivity index (χ3n) is 6.39. The van der Waals surface area contributed by atoms with E-state index in [9.17, 15) is 4.79 Å². The van der Waals surface area contributed by atoms with Crippen LogP contribution in [-0.2, 0) is 15.9 Å². The highest BCUT2D eigenvalue weighted by Crippen LogP contribution is 2.34. The maximum Gasteiger partial charge on any atom is 0.253 e. The largest absolute Gasteiger partial charge is 0.371 e. The maximum absolute atomic E-state index is 12.4. The molecule has 4 heterocycles. The highest BCUT2D eigenvalue weighted by Gasteiger charge is 2.49. The SMILES string of the molecule is O=C(NC1COC2C1OCC2n1cc(CC2CCCCC2)nn1)c1cccnc1. The van der Waals surface area contributed by atoms with Crippen LogP contribution >= 0.6 is 0 Å². The van der Waals surface area contributed by atoms with E-state index in [4.69, 9.17) is 9.47 Å². The highest BCUT2D eigenvalue weighted by molar-refractivity contribution is 5.94. The van der Waals surface area contributed by atoms with E-state index >= 15 is 0 Å². The summed E-state index contributed by atoms with van der Waals surface area (Å²) < 4.78 is 13.9. The second-order valence-electron chi connectivity index (χ2n) is 8.38. The molecule has 8 heteroatoms. The van der Waals surface area contributed by atoms with E-state index in [0.717, 1.165) is 18.0 Å². The Hall–Kier alpha value is -2.32. The molecule has 2 saturated heterocycles. The van der Waals surface area contributed by atoms with Crippen LogP contribution < -0.4 is 5.32 Å². The Bertz CT molecular complexity index is 836. The molecule has 8 nitrogen and oxygen atoms in total. The van der Waals surface area contributed by atoms with Crippen molar-refractivity contribution in [1.82, 2.24) is 25.3 Å². The van der Waals surface area contributed by atoms with E-state index < -0.39 is 0 Å². The number of aromatic nitrogens is 4. The van der Waals surface area contributed by atoms with Crippen molar-refractivity contribution < 1.29 is 14.3 Å². The first-order valence-electron chi connectivity index (χ1n) is 10.6. The zero-order valence-corrected chi connectivity index (χ0v) is 16.4. The number of pyridine rings is 1. The van der Waals surface area contributed by atoms with Crippen LogP contribution in [0.4, 0.5) is 0 Å². The molecule has 0 bridgehead atoms. The summed E-state index contributed by atoms with van der Waals surface area (Å²) in [5.41, 5.74) is 1.59. The molecule has 0 spiro atoms. The van der Waals surface area contributed by atoms with E-state index in [0.29, 0.717) is 18.8 Å². The number of rotatable bonds is 5. The van der Waals surface area contributed by atoms with E-state index in [1.165, 1.54) is 32.1 Å². The highest BCUT2D eigenvalue weighted by atomic mass is 16.6. The van der Waals surface area contributed by atoms with Crippen molar-refractivity contribution in [1.29, 1.82) is 0 Å². The number of carbonyl (C=O) groups is 1. The molecule has 3 fully saturated rings. The molecular formula is C21H27N5O3. The van der Waals surface area contributed by atoms with Crippen LogP contribution in [0, 0.1) is 5.92 Å². The fourth-order valence-corrected chi connectivity index (χ4v) is 4.83. The van der Waals surface area contributed by atoms with Gasteiger partial charge in [-0.15, -0.1) is 5.10 Å². The van der Waals surface area contributed by atoms with Crippen molar-refractivity contribution in [3.63, 3.8) is 0 Å². The van der Waals surface area contributed by atoms with Crippen molar-refractivity contribution in [2.24, 2.45) is 5.92 Å². The van der Waals surface area contributed by atoms with E-state index in [-0.39, 0.29) is 30.2 Å². The molecule has 1 aliphatic carbocycles. The number of amides is 1. The van der Waals surface area contributed by atoms with Gasteiger partial charge in [-0.3, -0.25) is 9.78 Å². The average molecular weight is 397 g/mol. The lowest BCUT2D eigenvalue weighted by atomic mass is 9.86. The average Bonchev–Trinajstić information content (AvgIpc) is 3.47. The van der Waals surface area contributed by atoms with Crippen molar-refractivity contribution in [3.8, 4) is 0 Å². The quantitative estimate of drug-likeness (QED) is 0.829. The third kappa shape index (κ3) is 3.91. The summed E-state index contributed by atoms with van der Waals surface area (Å²) in [6, 6.07) is 3.31. The summed E-state index contributed by atoms with van der Waals surface area (Å²) in [6.07, 6.45) is 12.6. The number of fused-ring (bicyclic) bond motifs is 1. The summed E-state index contributed by atoms with van der Waals surface area (Å²) in [7, 11) is 0. The fourth-order valence-electron chi connectivity index (χ4n) is 4.83. The molecule has 0 radical (unpaired) electrons. The number of hydrogen-bond donors (Lipinski definition) is 1. The number of nitrogens with zero attached hydrogens (tertiary/aromatic N) is 4. The van der Waals surface area contributed by atoms with Gasteiger partial charge in [0, 0.05) is 18.6 Å². The van der Waals surface area contributed by atoms with E-state index in [1.807, 2.05) is 4.68 Å². The minimum absolute atomic E-state index is 0.00657. The van der Waals surface area contributed by atoms with E-state index in [2.05, 4.69) is 26.8 Å². The van der Waals surface area contributed by atoms with Crippen LogP contribution in [0.15, 0.2) is 30.7 Å². The molecule has 2 aromatic rings. The molecule has 1 saturated carbocycles. The van der Waals surface area contributed by atoms with Crippen molar-refractivity contribution in [3.05, 3.63) is 42.0 Å². The normalized spacial score (nSPS) is 29.7.